The van der Waals surface area contributed by atoms with E-state index in [1.54, 1.807) is 0 Å². The van der Waals surface area contributed by atoms with Crippen molar-refractivity contribution in [1.82, 2.24) is 29.9 Å². The van der Waals surface area contributed by atoms with Crippen molar-refractivity contribution in [2.45, 2.75) is 71.6 Å². The normalized spacial score (nSPS) is 11.3. The lowest BCUT2D eigenvalue weighted by Gasteiger charge is -2.20. The van der Waals surface area contributed by atoms with Crippen molar-refractivity contribution in [1.29, 1.82) is 0 Å². The maximum atomic E-state index is 5.77. The highest BCUT2D eigenvalue weighted by molar-refractivity contribution is 7.98. The lowest BCUT2D eigenvalue weighted by molar-refractivity contribution is 0.622. The lowest BCUT2D eigenvalue weighted by Crippen LogP contribution is -2.27. The van der Waals surface area contributed by atoms with Gasteiger partial charge in [0, 0.05) is 24.2 Å². The van der Waals surface area contributed by atoms with Crippen molar-refractivity contribution in [2.24, 2.45) is 0 Å². The maximum Gasteiger partial charge on any atom is 0.229 e. The Labute approximate surface area is 194 Å². The number of aromatic nitrogens is 6. The van der Waals surface area contributed by atoms with Crippen LogP contribution in [0, 0.1) is 0 Å². The van der Waals surface area contributed by atoms with Gasteiger partial charge in [-0.05, 0) is 73.2 Å². The molecule has 10 nitrogen and oxygen atoms in total. The summed E-state index contributed by atoms with van der Waals surface area (Å²) >= 11 is 7.28. The average Bonchev–Trinajstić information content (AvgIpc) is 2.59. The standard InChI is InChI=1S/C10H19N5S.C9H16ClN5/c1-6-11-7-12-8(15-10(2,3)4)14-9(13-7)16-5;1-5-11-7-12-6(10)13-8(14-7)15-9(2,3)4/h6H2,1-5H3,(H2,11,12,13,14,15);5H2,1-4H3,(H2,11,12,13,14,15). The van der Waals surface area contributed by atoms with Gasteiger partial charge in [0.05, 0.1) is 0 Å². The number of hydrogen-bond acceptors (Lipinski definition) is 11. The minimum Gasteiger partial charge on any atom is -0.354 e. The van der Waals surface area contributed by atoms with Crippen LogP contribution in [0.2, 0.25) is 5.28 Å². The Morgan fingerprint density at radius 1 is 0.677 bits per heavy atom. The molecule has 2 aromatic rings. The van der Waals surface area contributed by atoms with Crippen LogP contribution in [-0.2, 0) is 0 Å². The molecule has 0 unspecified atom stereocenters. The van der Waals surface area contributed by atoms with Gasteiger partial charge >= 0.3 is 0 Å². The first kappa shape index (κ1) is 26.9. The van der Waals surface area contributed by atoms with Crippen molar-refractivity contribution in [3.05, 3.63) is 5.28 Å². The van der Waals surface area contributed by atoms with Crippen molar-refractivity contribution in [2.75, 3.05) is 40.6 Å². The number of nitrogens with one attached hydrogen (secondary N) is 4. The largest absolute Gasteiger partial charge is 0.354 e. The second kappa shape index (κ2) is 12.0. The van der Waals surface area contributed by atoms with E-state index >= 15 is 0 Å². The Morgan fingerprint density at radius 3 is 1.48 bits per heavy atom. The van der Waals surface area contributed by atoms with Crippen molar-refractivity contribution in [3.8, 4) is 0 Å². The third kappa shape index (κ3) is 11.7. The summed E-state index contributed by atoms with van der Waals surface area (Å²) in [6, 6.07) is 0. The van der Waals surface area contributed by atoms with Gasteiger partial charge in [-0.25, -0.2) is 0 Å². The number of anilines is 4. The van der Waals surface area contributed by atoms with Gasteiger partial charge in [-0.15, -0.1) is 0 Å². The molecule has 0 radical (unpaired) electrons. The van der Waals surface area contributed by atoms with Crippen molar-refractivity contribution >= 4 is 47.2 Å². The molecule has 0 saturated heterocycles. The van der Waals surface area contributed by atoms with Gasteiger partial charge in [0.1, 0.15) is 0 Å². The average molecular weight is 471 g/mol. The maximum absolute atomic E-state index is 5.77. The molecule has 2 aromatic heterocycles. The summed E-state index contributed by atoms with van der Waals surface area (Å²) in [6.07, 6.45) is 1.95. The van der Waals surface area contributed by atoms with Crippen LogP contribution in [0.25, 0.3) is 0 Å². The molecule has 0 atom stereocenters. The van der Waals surface area contributed by atoms with E-state index in [1.807, 2.05) is 40.9 Å². The fourth-order valence-corrected chi connectivity index (χ4v) is 2.57. The predicted molar refractivity (Wildman–Crippen MR) is 132 cm³/mol. The molecular weight excluding hydrogens is 436 g/mol. The summed E-state index contributed by atoms with van der Waals surface area (Å²) in [5.41, 5.74) is -0.158. The Bertz CT molecular complexity index is 820. The fraction of sp³-hybridized carbons (Fsp3) is 0.684. The summed E-state index contributed by atoms with van der Waals surface area (Å²) < 4.78 is 0. The van der Waals surface area contributed by atoms with Gasteiger partial charge in [0.2, 0.25) is 29.1 Å². The van der Waals surface area contributed by atoms with Crippen LogP contribution in [0.3, 0.4) is 0 Å². The van der Waals surface area contributed by atoms with Crippen LogP contribution in [0.15, 0.2) is 5.16 Å². The van der Waals surface area contributed by atoms with Crippen molar-refractivity contribution < 1.29 is 0 Å². The molecule has 0 aromatic carbocycles. The molecule has 0 amide bonds. The predicted octanol–water partition coefficient (Wildman–Crippen LogP) is 4.40. The van der Waals surface area contributed by atoms with E-state index in [9.17, 15) is 0 Å². The molecule has 12 heteroatoms. The molecule has 0 aliphatic rings. The molecule has 2 heterocycles. The van der Waals surface area contributed by atoms with E-state index < -0.39 is 0 Å². The third-order valence-electron chi connectivity index (χ3n) is 3.05. The monoisotopic (exact) mass is 470 g/mol. The van der Waals surface area contributed by atoms with Gasteiger partial charge in [-0.2, -0.15) is 29.9 Å². The minimum absolute atomic E-state index is 0.0550. The van der Waals surface area contributed by atoms with Gasteiger partial charge in [-0.1, -0.05) is 11.8 Å². The summed E-state index contributed by atoms with van der Waals surface area (Å²) in [7, 11) is 0. The topological polar surface area (TPSA) is 125 Å². The zero-order valence-electron chi connectivity index (χ0n) is 19.9. The van der Waals surface area contributed by atoms with Gasteiger partial charge in [0.15, 0.2) is 5.16 Å². The Kier molecular flexibility index (Phi) is 10.4. The quantitative estimate of drug-likeness (QED) is 0.430. The highest BCUT2D eigenvalue weighted by atomic mass is 35.5. The first-order chi connectivity index (χ1) is 14.3. The molecule has 0 spiro atoms. The van der Waals surface area contributed by atoms with Gasteiger partial charge < -0.3 is 21.3 Å². The molecule has 0 aliphatic heterocycles. The minimum atomic E-state index is -0.103. The highest BCUT2D eigenvalue weighted by Gasteiger charge is 2.14. The van der Waals surface area contributed by atoms with E-state index in [0.717, 1.165) is 18.2 Å². The molecular formula is C19H35ClN10S. The van der Waals surface area contributed by atoms with Crippen LogP contribution in [0.1, 0.15) is 55.4 Å². The van der Waals surface area contributed by atoms with Crippen LogP contribution >= 0.6 is 23.4 Å². The number of nitrogens with zero attached hydrogens (tertiary/aromatic N) is 6. The summed E-state index contributed by atoms with van der Waals surface area (Å²) in [5, 5.41) is 13.4. The zero-order valence-corrected chi connectivity index (χ0v) is 21.5. The molecule has 4 N–H and O–H groups in total. The molecule has 174 valence electrons. The molecule has 0 aliphatic carbocycles. The first-order valence-corrected chi connectivity index (χ1v) is 11.7. The van der Waals surface area contributed by atoms with Gasteiger partial charge in [0.25, 0.3) is 0 Å². The van der Waals surface area contributed by atoms with Crippen molar-refractivity contribution in [3.63, 3.8) is 0 Å². The summed E-state index contributed by atoms with van der Waals surface area (Å²) in [4.78, 5) is 25.0. The summed E-state index contributed by atoms with van der Waals surface area (Å²) in [6.45, 7) is 17.8. The van der Waals surface area contributed by atoms with Crippen LogP contribution in [0.5, 0.6) is 0 Å². The Hall–Kier alpha value is -2.14. The number of halogens is 1. The van der Waals surface area contributed by atoms with Crippen LogP contribution in [0.4, 0.5) is 23.8 Å². The second-order valence-electron chi connectivity index (χ2n) is 8.53. The third-order valence-corrected chi connectivity index (χ3v) is 3.77. The van der Waals surface area contributed by atoms with E-state index in [2.05, 4.69) is 71.9 Å². The van der Waals surface area contributed by atoms with E-state index in [1.165, 1.54) is 11.8 Å². The van der Waals surface area contributed by atoms with Crippen LogP contribution in [-0.4, -0.2) is 60.3 Å². The summed E-state index contributed by atoms with van der Waals surface area (Å²) in [5.74, 6) is 2.21. The highest BCUT2D eigenvalue weighted by Crippen LogP contribution is 2.16. The van der Waals surface area contributed by atoms with E-state index in [0.29, 0.717) is 23.8 Å². The molecule has 0 saturated carbocycles. The number of rotatable bonds is 7. The smallest absolute Gasteiger partial charge is 0.229 e. The molecule has 2 rings (SSSR count). The van der Waals surface area contributed by atoms with E-state index in [-0.39, 0.29) is 16.4 Å². The number of hydrogen-bond donors (Lipinski definition) is 4. The fourth-order valence-electron chi connectivity index (χ4n) is 2.05. The number of thioether (sulfide) groups is 1. The molecule has 0 bridgehead atoms. The molecule has 0 fully saturated rings. The first-order valence-electron chi connectivity index (χ1n) is 10.1. The van der Waals surface area contributed by atoms with E-state index in [4.69, 9.17) is 11.6 Å². The van der Waals surface area contributed by atoms with Gasteiger partial charge in [-0.3, -0.25) is 0 Å². The van der Waals surface area contributed by atoms with Crippen LogP contribution < -0.4 is 21.3 Å². The Morgan fingerprint density at radius 2 is 1.06 bits per heavy atom. The SMILES string of the molecule is CCNc1nc(Cl)nc(NC(C)(C)C)n1.CCNc1nc(NC(C)(C)C)nc(SC)n1. The zero-order chi connectivity index (χ0) is 23.7. The Balaban J connectivity index is 0.000000311. The second-order valence-corrected chi connectivity index (χ2v) is 9.64. The molecule has 31 heavy (non-hydrogen) atoms. The lowest BCUT2D eigenvalue weighted by atomic mass is 10.1.